The molecule has 9 nitrogen and oxygen atoms in total. The minimum Gasteiger partial charge on any atom is -0.466 e. The zero-order chi connectivity index (χ0) is 28.0. The maximum atomic E-state index is 12.5. The first kappa shape index (κ1) is 33.3. The summed E-state index contributed by atoms with van der Waals surface area (Å²) in [4.78, 5) is 30.0. The quantitative estimate of drug-likeness (QED) is 0.215. The number of esters is 1. The molecule has 0 aromatic heterocycles. The molecule has 1 fully saturated rings. The van der Waals surface area contributed by atoms with Crippen LogP contribution in [-0.4, -0.2) is 71.5 Å². The lowest BCUT2D eigenvalue weighted by Crippen LogP contribution is -2.46. The molecule has 4 N–H and O–H groups in total. The van der Waals surface area contributed by atoms with Gasteiger partial charge in [-0.2, -0.15) is 0 Å². The Balaban J connectivity index is 3.09. The number of cyclic esters (lactones) is 1. The van der Waals surface area contributed by atoms with Crippen molar-refractivity contribution in [2.45, 2.75) is 105 Å². The smallest absolute Gasteiger partial charge is 0.308 e. The summed E-state index contributed by atoms with van der Waals surface area (Å²) >= 11 is 0. The first-order chi connectivity index (χ1) is 17.4. The van der Waals surface area contributed by atoms with Gasteiger partial charge in [-0.1, -0.05) is 72.4 Å². The molecule has 1 aliphatic rings. The lowest BCUT2D eigenvalue weighted by molar-refractivity contribution is -0.147. The predicted molar refractivity (Wildman–Crippen MR) is 144 cm³/mol. The van der Waals surface area contributed by atoms with E-state index in [1.54, 1.807) is 13.8 Å². The van der Waals surface area contributed by atoms with E-state index in [1.807, 2.05) is 13.8 Å². The van der Waals surface area contributed by atoms with Gasteiger partial charge in [0.05, 0.1) is 30.9 Å². The molecule has 1 saturated heterocycles. The molecular weight excluding hydrogens is 476 g/mol. The van der Waals surface area contributed by atoms with Crippen LogP contribution >= 0.6 is 0 Å². The van der Waals surface area contributed by atoms with Crippen molar-refractivity contribution in [2.24, 2.45) is 34.2 Å². The maximum Gasteiger partial charge on any atom is 0.308 e. The van der Waals surface area contributed by atoms with E-state index in [9.17, 15) is 24.9 Å². The summed E-state index contributed by atoms with van der Waals surface area (Å²) in [6.45, 7) is 12.0. The summed E-state index contributed by atoms with van der Waals surface area (Å²) < 4.78 is 5.37. The Kier molecular flexibility index (Phi) is 15.3. The van der Waals surface area contributed by atoms with Gasteiger partial charge < -0.3 is 30.2 Å². The molecule has 1 aliphatic heterocycles. The van der Waals surface area contributed by atoms with Crippen molar-refractivity contribution >= 4 is 17.6 Å². The van der Waals surface area contributed by atoms with Crippen LogP contribution in [0, 0.1) is 29.1 Å². The van der Waals surface area contributed by atoms with Crippen molar-refractivity contribution in [3.63, 3.8) is 0 Å². The molecule has 37 heavy (non-hydrogen) atoms. The van der Waals surface area contributed by atoms with Gasteiger partial charge >= 0.3 is 5.97 Å². The number of ether oxygens (including phenoxy) is 1. The third-order valence-corrected chi connectivity index (χ3v) is 7.95. The van der Waals surface area contributed by atoms with Crippen LogP contribution < -0.4 is 5.32 Å². The van der Waals surface area contributed by atoms with Gasteiger partial charge in [0.25, 0.3) is 5.91 Å². The second kappa shape index (κ2) is 17.0. The first-order valence-electron chi connectivity index (χ1n) is 14.0. The molecule has 0 aromatic rings. The average molecular weight is 529 g/mol. The molecule has 6 atom stereocenters. The van der Waals surface area contributed by atoms with Crippen LogP contribution in [0.1, 0.15) is 92.9 Å². The van der Waals surface area contributed by atoms with E-state index in [1.165, 1.54) is 0 Å². The van der Waals surface area contributed by atoms with Gasteiger partial charge in [-0.3, -0.25) is 9.59 Å². The van der Waals surface area contributed by atoms with E-state index in [4.69, 9.17) is 9.57 Å². The lowest BCUT2D eigenvalue weighted by Gasteiger charge is -2.37. The van der Waals surface area contributed by atoms with Crippen LogP contribution in [0.15, 0.2) is 5.16 Å². The van der Waals surface area contributed by atoms with Crippen LogP contribution in [0.5, 0.6) is 0 Å². The third-order valence-electron chi connectivity index (χ3n) is 7.95. The highest BCUT2D eigenvalue weighted by atomic mass is 16.6. The Hall–Kier alpha value is -1.71. The number of aliphatic hydroxyl groups is 3. The van der Waals surface area contributed by atoms with Gasteiger partial charge in [0.15, 0.2) is 6.61 Å². The number of hydrogen-bond acceptors (Lipinski definition) is 8. The van der Waals surface area contributed by atoms with Crippen LogP contribution in [0.25, 0.3) is 0 Å². The van der Waals surface area contributed by atoms with Gasteiger partial charge in [-0.25, -0.2) is 0 Å². The Morgan fingerprint density at radius 2 is 1.81 bits per heavy atom. The van der Waals surface area contributed by atoms with Gasteiger partial charge in [0.2, 0.25) is 0 Å². The van der Waals surface area contributed by atoms with Crippen LogP contribution in [0.2, 0.25) is 0 Å². The number of nitrogens with one attached hydrogen (secondary N) is 1. The van der Waals surface area contributed by atoms with Crippen molar-refractivity contribution in [3.8, 4) is 0 Å². The molecule has 6 unspecified atom stereocenters. The second-order valence-corrected chi connectivity index (χ2v) is 11.4. The molecule has 0 aliphatic carbocycles. The van der Waals surface area contributed by atoms with E-state index < -0.39 is 29.5 Å². The number of unbranched alkanes of at least 4 members (excludes halogenated alkanes) is 2. The van der Waals surface area contributed by atoms with Crippen molar-refractivity contribution in [2.75, 3.05) is 26.4 Å². The van der Waals surface area contributed by atoms with Crippen LogP contribution in [0.3, 0.4) is 0 Å². The summed E-state index contributed by atoms with van der Waals surface area (Å²) in [6.07, 6.45) is 3.96. The van der Waals surface area contributed by atoms with Gasteiger partial charge in [0.1, 0.15) is 0 Å². The molecular formula is C28H52N2O7. The minimum atomic E-state index is -1.14. The van der Waals surface area contributed by atoms with E-state index in [-0.39, 0.29) is 49.9 Å². The van der Waals surface area contributed by atoms with Crippen molar-refractivity contribution in [1.82, 2.24) is 5.32 Å². The second-order valence-electron chi connectivity index (χ2n) is 11.4. The number of nitrogens with zero attached hydrogens (tertiary/aromatic N) is 1. The summed E-state index contributed by atoms with van der Waals surface area (Å²) in [5, 5.41) is 39.1. The normalized spacial score (nSPS) is 31.5. The van der Waals surface area contributed by atoms with Crippen molar-refractivity contribution in [3.05, 3.63) is 0 Å². The zero-order valence-corrected chi connectivity index (χ0v) is 23.9. The Morgan fingerprint density at radius 1 is 1.14 bits per heavy atom. The number of aliphatic hydroxyl groups excluding tert-OH is 3. The summed E-state index contributed by atoms with van der Waals surface area (Å²) in [6, 6.07) is 0. The molecule has 1 heterocycles. The fraction of sp³-hybridized carbons (Fsp3) is 0.893. The molecule has 0 saturated carbocycles. The van der Waals surface area contributed by atoms with E-state index in [0.29, 0.717) is 18.7 Å². The average Bonchev–Trinajstić information content (AvgIpc) is 2.85. The first-order valence-corrected chi connectivity index (χ1v) is 14.0. The number of amides is 1. The van der Waals surface area contributed by atoms with Gasteiger partial charge in [0, 0.05) is 24.5 Å². The largest absolute Gasteiger partial charge is 0.466 e. The van der Waals surface area contributed by atoms with Crippen molar-refractivity contribution < 1.29 is 34.5 Å². The van der Waals surface area contributed by atoms with E-state index in [0.717, 1.165) is 38.5 Å². The van der Waals surface area contributed by atoms with Crippen molar-refractivity contribution in [1.29, 1.82) is 0 Å². The topological polar surface area (TPSA) is 138 Å². The molecule has 0 bridgehead atoms. The predicted octanol–water partition coefficient (Wildman–Crippen LogP) is 3.44. The van der Waals surface area contributed by atoms with Gasteiger partial charge in [-0.05, 0) is 37.0 Å². The molecule has 0 aromatic carbocycles. The Bertz CT molecular complexity index is 713. The summed E-state index contributed by atoms with van der Waals surface area (Å²) in [5.41, 5.74) is -0.637. The molecule has 216 valence electrons. The standard InChI is InChI=1S/C28H52N2O7/c1-7-8-9-14-29-24(33)18-37-30-27-21(4)26(35)20(3)12-10-11-19(2)22(17-31)13-15-36-25(34)16-23(32)28(27,5)6/h19-23,26,31-32,35H,7-18H2,1-6H3,(H,29,33). The van der Waals surface area contributed by atoms with E-state index in [2.05, 4.69) is 24.3 Å². The zero-order valence-electron chi connectivity index (χ0n) is 23.9. The number of carbonyl (C=O) groups is 2. The molecule has 0 radical (unpaired) electrons. The fourth-order valence-electron chi connectivity index (χ4n) is 4.95. The third kappa shape index (κ3) is 11.3. The molecule has 9 heteroatoms. The Labute approximate surface area is 223 Å². The maximum absolute atomic E-state index is 12.5. The van der Waals surface area contributed by atoms with Gasteiger partial charge in [-0.15, -0.1) is 0 Å². The highest BCUT2D eigenvalue weighted by Crippen LogP contribution is 2.34. The highest BCUT2D eigenvalue weighted by molar-refractivity contribution is 5.92. The minimum absolute atomic E-state index is 0.0279. The summed E-state index contributed by atoms with van der Waals surface area (Å²) in [7, 11) is 0. The summed E-state index contributed by atoms with van der Waals surface area (Å²) in [5.74, 6) is -1.08. The SMILES string of the molecule is CCCCCNC(=O)CON=C1C(C)C(O)C(C)CCCC(C)C(CO)CCOC(=O)CC(O)C1(C)C. The lowest BCUT2D eigenvalue weighted by atomic mass is 9.72. The number of hydrogen-bond donors (Lipinski definition) is 4. The molecule has 1 amide bonds. The fourth-order valence-corrected chi connectivity index (χ4v) is 4.95. The van der Waals surface area contributed by atoms with E-state index >= 15 is 0 Å². The van der Waals surface area contributed by atoms with Crippen LogP contribution in [0.4, 0.5) is 0 Å². The molecule has 1 rings (SSSR count). The van der Waals surface area contributed by atoms with Crippen LogP contribution in [-0.2, 0) is 19.2 Å². The monoisotopic (exact) mass is 528 g/mol. The molecule has 0 spiro atoms. The highest BCUT2D eigenvalue weighted by Gasteiger charge is 2.41. The Morgan fingerprint density at radius 3 is 2.46 bits per heavy atom. The number of carbonyl (C=O) groups excluding carboxylic acids is 2. The number of rotatable bonds is 8. The number of oxime groups is 1.